The van der Waals surface area contributed by atoms with E-state index < -0.39 is 11.8 Å². The maximum atomic E-state index is 12.3. The van der Waals surface area contributed by atoms with Gasteiger partial charge in [0.25, 0.3) is 11.8 Å². The molecule has 0 saturated carbocycles. The van der Waals surface area contributed by atoms with E-state index in [9.17, 15) is 9.59 Å². The van der Waals surface area contributed by atoms with Gasteiger partial charge in [0.15, 0.2) is 23.0 Å². The van der Waals surface area contributed by atoms with Crippen LogP contribution in [0, 0.1) is 0 Å². The van der Waals surface area contributed by atoms with Crippen molar-refractivity contribution in [2.75, 3.05) is 34.5 Å². The highest BCUT2D eigenvalue weighted by Gasteiger charge is 2.12. The average molecular weight is 427 g/mol. The van der Waals surface area contributed by atoms with Crippen LogP contribution in [0.1, 0.15) is 15.9 Å². The standard InChI is InChI=1S/C22H25N3O6/c1-5-11-31-21-16(7-6-8-18(21)29-3)13-24-25-20(26)14-23-22(27)15-9-10-17(28-2)19(12-15)30-4/h5-10,12-13H,1,11,14H2,2-4H3,(H,23,27)(H,25,26)/b24-13-. The molecule has 9 nitrogen and oxygen atoms in total. The second-order valence-electron chi connectivity index (χ2n) is 6.02. The molecule has 2 N–H and O–H groups in total. The van der Waals surface area contributed by atoms with Crippen LogP contribution in [0.5, 0.6) is 23.0 Å². The van der Waals surface area contributed by atoms with Gasteiger partial charge < -0.3 is 24.3 Å². The number of nitrogens with one attached hydrogen (secondary N) is 2. The summed E-state index contributed by atoms with van der Waals surface area (Å²) in [6, 6.07) is 9.98. The van der Waals surface area contributed by atoms with Gasteiger partial charge in [0.1, 0.15) is 6.61 Å². The van der Waals surface area contributed by atoms with Crippen molar-refractivity contribution in [2.45, 2.75) is 0 Å². The molecule has 0 aliphatic heterocycles. The topological polar surface area (TPSA) is 107 Å². The second-order valence-corrected chi connectivity index (χ2v) is 6.02. The highest BCUT2D eigenvalue weighted by molar-refractivity contribution is 5.97. The normalized spacial score (nSPS) is 10.3. The minimum atomic E-state index is -0.499. The quantitative estimate of drug-likeness (QED) is 0.323. The highest BCUT2D eigenvalue weighted by Crippen LogP contribution is 2.30. The van der Waals surface area contributed by atoms with Crippen molar-refractivity contribution in [3.8, 4) is 23.0 Å². The Morgan fingerprint density at radius 1 is 1.03 bits per heavy atom. The third-order valence-corrected chi connectivity index (χ3v) is 4.02. The molecule has 0 saturated heterocycles. The third kappa shape index (κ3) is 6.49. The predicted molar refractivity (Wildman–Crippen MR) is 116 cm³/mol. The molecule has 164 valence electrons. The lowest BCUT2D eigenvalue weighted by Gasteiger charge is -2.11. The predicted octanol–water partition coefficient (Wildman–Crippen LogP) is 2.16. The van der Waals surface area contributed by atoms with E-state index in [2.05, 4.69) is 22.4 Å². The molecule has 2 rings (SSSR count). The smallest absolute Gasteiger partial charge is 0.259 e. The van der Waals surface area contributed by atoms with Gasteiger partial charge in [0.05, 0.1) is 34.1 Å². The molecule has 0 unspecified atom stereocenters. The van der Waals surface area contributed by atoms with Crippen LogP contribution >= 0.6 is 0 Å². The summed E-state index contributed by atoms with van der Waals surface area (Å²) in [4.78, 5) is 24.3. The zero-order chi connectivity index (χ0) is 22.6. The molecule has 0 radical (unpaired) electrons. The van der Waals surface area contributed by atoms with Crippen molar-refractivity contribution < 1.29 is 28.5 Å². The van der Waals surface area contributed by atoms with Crippen LogP contribution in [0.25, 0.3) is 0 Å². The summed E-state index contributed by atoms with van der Waals surface area (Å²) in [5.41, 5.74) is 3.29. The Bertz CT molecular complexity index is 958. The first-order valence-electron chi connectivity index (χ1n) is 9.26. The number of nitrogens with zero attached hydrogens (tertiary/aromatic N) is 1. The van der Waals surface area contributed by atoms with Crippen LogP contribution in [-0.4, -0.2) is 52.5 Å². The molecule has 0 aliphatic carbocycles. The van der Waals surface area contributed by atoms with Crippen LogP contribution in [0.15, 0.2) is 54.2 Å². The van der Waals surface area contributed by atoms with Crippen molar-refractivity contribution in [1.82, 2.24) is 10.7 Å². The highest BCUT2D eigenvalue weighted by atomic mass is 16.5. The Kier molecular flexibility index (Phi) is 8.90. The van der Waals surface area contributed by atoms with Gasteiger partial charge >= 0.3 is 0 Å². The number of hydrogen-bond donors (Lipinski definition) is 2. The van der Waals surface area contributed by atoms with Crippen LogP contribution in [0.3, 0.4) is 0 Å². The maximum Gasteiger partial charge on any atom is 0.259 e. The molecule has 0 bridgehead atoms. The first-order chi connectivity index (χ1) is 15.0. The van der Waals surface area contributed by atoms with Crippen molar-refractivity contribution >= 4 is 18.0 Å². The number of hydrogen-bond acceptors (Lipinski definition) is 7. The van der Waals surface area contributed by atoms with E-state index in [-0.39, 0.29) is 13.2 Å². The molecule has 0 aliphatic rings. The number of para-hydroxylation sites is 1. The summed E-state index contributed by atoms with van der Waals surface area (Å²) >= 11 is 0. The molecule has 2 aromatic carbocycles. The number of methoxy groups -OCH3 is 3. The fourth-order valence-electron chi connectivity index (χ4n) is 2.55. The summed E-state index contributed by atoms with van der Waals surface area (Å²) in [5.74, 6) is 0.982. The maximum absolute atomic E-state index is 12.3. The SMILES string of the molecule is C=CCOc1c(/C=N\NC(=O)CNC(=O)c2ccc(OC)c(OC)c2)cccc1OC. The zero-order valence-corrected chi connectivity index (χ0v) is 17.6. The van der Waals surface area contributed by atoms with E-state index in [1.165, 1.54) is 33.6 Å². The largest absolute Gasteiger partial charge is 0.493 e. The van der Waals surface area contributed by atoms with E-state index in [1.54, 1.807) is 36.4 Å². The Morgan fingerprint density at radius 3 is 2.45 bits per heavy atom. The molecule has 0 heterocycles. The van der Waals surface area contributed by atoms with Crippen molar-refractivity contribution in [2.24, 2.45) is 5.10 Å². The van der Waals surface area contributed by atoms with Crippen LogP contribution in [0.4, 0.5) is 0 Å². The van der Waals surface area contributed by atoms with Crippen molar-refractivity contribution in [1.29, 1.82) is 0 Å². The Morgan fingerprint density at radius 2 is 1.77 bits per heavy atom. The van der Waals surface area contributed by atoms with Crippen LogP contribution in [0.2, 0.25) is 0 Å². The zero-order valence-electron chi connectivity index (χ0n) is 17.6. The molecule has 31 heavy (non-hydrogen) atoms. The molecule has 0 atom stereocenters. The number of carbonyl (C=O) groups excluding carboxylic acids is 2. The van der Waals surface area contributed by atoms with Gasteiger partial charge in [-0.25, -0.2) is 5.43 Å². The van der Waals surface area contributed by atoms with Crippen LogP contribution in [-0.2, 0) is 4.79 Å². The first-order valence-corrected chi connectivity index (χ1v) is 9.26. The lowest BCUT2D eigenvalue weighted by atomic mass is 10.2. The molecule has 2 aromatic rings. The Labute approximate surface area is 180 Å². The Balaban J connectivity index is 1.94. The molecular formula is C22H25N3O6. The van der Waals surface area contributed by atoms with E-state index >= 15 is 0 Å². The lowest BCUT2D eigenvalue weighted by molar-refractivity contribution is -0.120. The average Bonchev–Trinajstić information content (AvgIpc) is 2.80. The monoisotopic (exact) mass is 427 g/mol. The van der Waals surface area contributed by atoms with Gasteiger partial charge in [-0.2, -0.15) is 5.10 Å². The van der Waals surface area contributed by atoms with Crippen molar-refractivity contribution in [3.05, 3.63) is 60.2 Å². The first kappa shape index (κ1) is 23.3. The summed E-state index contributed by atoms with van der Waals surface area (Å²) in [7, 11) is 4.50. The van der Waals surface area contributed by atoms with E-state index in [4.69, 9.17) is 18.9 Å². The van der Waals surface area contributed by atoms with Gasteiger partial charge in [-0.15, -0.1) is 0 Å². The number of amides is 2. The number of ether oxygens (including phenoxy) is 4. The van der Waals surface area contributed by atoms with E-state index in [1.807, 2.05) is 0 Å². The number of hydrazone groups is 1. The molecule has 0 aromatic heterocycles. The number of benzene rings is 2. The van der Waals surface area contributed by atoms with E-state index in [0.717, 1.165) is 0 Å². The van der Waals surface area contributed by atoms with Crippen LogP contribution < -0.4 is 29.7 Å². The van der Waals surface area contributed by atoms with Gasteiger partial charge in [-0.1, -0.05) is 18.7 Å². The van der Waals surface area contributed by atoms with Gasteiger partial charge in [0.2, 0.25) is 0 Å². The lowest BCUT2D eigenvalue weighted by Crippen LogP contribution is -2.34. The summed E-state index contributed by atoms with van der Waals surface area (Å²) in [6.45, 7) is 3.64. The fourth-order valence-corrected chi connectivity index (χ4v) is 2.55. The molecule has 0 fully saturated rings. The summed E-state index contributed by atoms with van der Waals surface area (Å²) < 4.78 is 21.2. The van der Waals surface area contributed by atoms with Gasteiger partial charge in [0, 0.05) is 11.1 Å². The number of carbonyl (C=O) groups is 2. The molecular weight excluding hydrogens is 402 g/mol. The Hall–Kier alpha value is -4.01. The third-order valence-electron chi connectivity index (χ3n) is 4.02. The minimum absolute atomic E-state index is 0.261. The summed E-state index contributed by atoms with van der Waals surface area (Å²) in [5, 5.41) is 6.43. The van der Waals surface area contributed by atoms with E-state index in [0.29, 0.717) is 34.1 Å². The summed E-state index contributed by atoms with van der Waals surface area (Å²) in [6.07, 6.45) is 3.03. The molecule has 2 amide bonds. The van der Waals surface area contributed by atoms with Gasteiger partial charge in [-0.3, -0.25) is 9.59 Å². The van der Waals surface area contributed by atoms with Crippen molar-refractivity contribution in [3.63, 3.8) is 0 Å². The number of rotatable bonds is 11. The fraction of sp³-hybridized carbons (Fsp3) is 0.227. The molecule has 0 spiro atoms. The van der Waals surface area contributed by atoms with Gasteiger partial charge in [-0.05, 0) is 30.3 Å². The minimum Gasteiger partial charge on any atom is -0.493 e. The molecule has 9 heteroatoms. The second kappa shape index (κ2) is 11.9.